The largest absolute Gasteiger partial charge is 0.309 e. The summed E-state index contributed by atoms with van der Waals surface area (Å²) in [5.41, 5.74) is 3.00. The van der Waals surface area contributed by atoms with Crippen LogP contribution in [-0.4, -0.2) is 35.2 Å². The number of benzene rings is 1. The lowest BCUT2D eigenvalue weighted by molar-refractivity contribution is 0.102. The molecular weight excluding hydrogens is 445 g/mol. The normalized spacial score (nSPS) is 13.4. The Morgan fingerprint density at radius 3 is 2.74 bits per heavy atom. The zero-order chi connectivity index (χ0) is 24.5. The maximum atomic E-state index is 14.8. The lowest BCUT2D eigenvalue weighted by Gasteiger charge is -2.16. The number of imidazole rings is 1. The van der Waals surface area contributed by atoms with E-state index < -0.39 is 11.7 Å². The Hall–Kier alpha value is -3.88. The van der Waals surface area contributed by atoms with E-state index in [9.17, 15) is 9.18 Å². The van der Waals surface area contributed by atoms with Crippen LogP contribution in [0.1, 0.15) is 73.1 Å². The van der Waals surface area contributed by atoms with E-state index >= 15 is 0 Å². The van der Waals surface area contributed by atoms with Gasteiger partial charge in [0.25, 0.3) is 5.91 Å². The van der Waals surface area contributed by atoms with Crippen LogP contribution in [0.15, 0.2) is 49.2 Å². The third-order valence-corrected chi connectivity index (χ3v) is 6.54. The second-order valence-electron chi connectivity index (χ2n) is 8.99. The standard InChI is InChI=1S/C26H28FN7O/c1-4-18(5-2)34-15-29-32-25(34)21-7-6-8-24(30-21)31-26(35)19-12-23(16(3)11-20(19)27)33-13-22(28-14-33)17-9-10-17/h6-8,11-15,17-18H,4-5,9-10H2,1-3H3,(H,30,31,35). The van der Waals surface area contributed by atoms with E-state index in [1.54, 1.807) is 30.9 Å². The average Bonchev–Trinajstić information content (AvgIpc) is 3.38. The van der Waals surface area contributed by atoms with E-state index in [0.717, 1.165) is 42.6 Å². The molecule has 35 heavy (non-hydrogen) atoms. The predicted octanol–water partition coefficient (Wildman–Crippen LogP) is 5.46. The molecule has 0 aliphatic heterocycles. The summed E-state index contributed by atoms with van der Waals surface area (Å²) in [7, 11) is 0. The number of amides is 1. The molecule has 1 aliphatic carbocycles. The van der Waals surface area contributed by atoms with Gasteiger partial charge in [0, 0.05) is 18.2 Å². The number of aryl methyl sites for hydroxylation is 1. The Kier molecular flexibility index (Phi) is 6.15. The van der Waals surface area contributed by atoms with E-state index in [4.69, 9.17) is 0 Å². The topological polar surface area (TPSA) is 90.5 Å². The van der Waals surface area contributed by atoms with Gasteiger partial charge in [0.15, 0.2) is 5.82 Å². The molecule has 1 fully saturated rings. The first kappa shape index (κ1) is 22.9. The van der Waals surface area contributed by atoms with E-state index in [2.05, 4.69) is 39.3 Å². The van der Waals surface area contributed by atoms with Crippen molar-refractivity contribution in [1.82, 2.24) is 29.3 Å². The van der Waals surface area contributed by atoms with Crippen LogP contribution < -0.4 is 5.32 Å². The number of rotatable bonds is 8. The number of hydrogen-bond acceptors (Lipinski definition) is 5. The fraction of sp³-hybridized carbons (Fsp3) is 0.346. The molecule has 4 aromatic rings. The molecule has 3 aromatic heterocycles. The first-order valence-electron chi connectivity index (χ1n) is 12.0. The van der Waals surface area contributed by atoms with Crippen LogP contribution >= 0.6 is 0 Å². The summed E-state index contributed by atoms with van der Waals surface area (Å²) < 4.78 is 18.7. The summed E-state index contributed by atoms with van der Waals surface area (Å²) in [6, 6.07) is 8.47. The van der Waals surface area contributed by atoms with Gasteiger partial charge >= 0.3 is 0 Å². The molecular formula is C26H28FN7O. The molecule has 1 N–H and O–H groups in total. The smallest absolute Gasteiger partial charge is 0.259 e. The van der Waals surface area contributed by atoms with Crippen molar-refractivity contribution >= 4 is 11.7 Å². The van der Waals surface area contributed by atoms with E-state index in [-0.39, 0.29) is 11.6 Å². The van der Waals surface area contributed by atoms with Gasteiger partial charge in [-0.15, -0.1) is 10.2 Å². The quantitative estimate of drug-likeness (QED) is 0.367. The summed E-state index contributed by atoms with van der Waals surface area (Å²) in [5.74, 6) is 0.291. The van der Waals surface area contributed by atoms with Crippen LogP contribution in [0.3, 0.4) is 0 Å². The highest BCUT2D eigenvalue weighted by Crippen LogP contribution is 2.39. The highest BCUT2D eigenvalue weighted by Gasteiger charge is 2.26. The third kappa shape index (κ3) is 4.58. The molecule has 5 rings (SSSR count). The molecule has 180 valence electrons. The molecule has 9 heteroatoms. The molecule has 0 atom stereocenters. The van der Waals surface area contributed by atoms with Crippen molar-refractivity contribution in [2.75, 3.05) is 5.32 Å². The second kappa shape index (κ2) is 9.40. The summed E-state index contributed by atoms with van der Waals surface area (Å²) in [4.78, 5) is 22.1. The maximum Gasteiger partial charge on any atom is 0.259 e. The molecule has 0 bridgehead atoms. The molecule has 1 aromatic carbocycles. The van der Waals surface area contributed by atoms with Crippen molar-refractivity contribution in [3.8, 4) is 17.2 Å². The molecule has 3 heterocycles. The minimum absolute atomic E-state index is 0.0559. The number of pyridine rings is 1. The number of hydrogen-bond donors (Lipinski definition) is 1. The lowest BCUT2D eigenvalue weighted by atomic mass is 10.1. The van der Waals surface area contributed by atoms with Crippen LogP contribution in [0.4, 0.5) is 10.2 Å². The summed E-state index contributed by atoms with van der Waals surface area (Å²) in [5, 5.41) is 11.0. The van der Waals surface area contributed by atoms with Gasteiger partial charge in [-0.3, -0.25) is 4.79 Å². The summed E-state index contributed by atoms with van der Waals surface area (Å²) in [6.45, 7) is 6.05. The van der Waals surface area contributed by atoms with Crippen LogP contribution in [0, 0.1) is 12.7 Å². The number of halogens is 1. The molecule has 0 saturated heterocycles. The number of aromatic nitrogens is 6. The highest BCUT2D eigenvalue weighted by molar-refractivity contribution is 6.04. The number of anilines is 1. The Bertz CT molecular complexity index is 1370. The SMILES string of the molecule is CCC(CC)n1cnnc1-c1cccc(NC(=O)c2cc(-n3cnc(C4CC4)c3)c(C)cc2F)n1. The van der Waals surface area contributed by atoms with Gasteiger partial charge in [0.2, 0.25) is 0 Å². The van der Waals surface area contributed by atoms with Crippen molar-refractivity contribution in [3.63, 3.8) is 0 Å². The number of nitrogens with zero attached hydrogens (tertiary/aromatic N) is 6. The summed E-state index contributed by atoms with van der Waals surface area (Å²) in [6.07, 6.45) is 9.54. The maximum absolute atomic E-state index is 14.8. The number of nitrogens with one attached hydrogen (secondary N) is 1. The third-order valence-electron chi connectivity index (χ3n) is 6.54. The average molecular weight is 474 g/mol. The van der Waals surface area contributed by atoms with E-state index in [1.165, 1.54) is 6.07 Å². The minimum atomic E-state index is -0.587. The van der Waals surface area contributed by atoms with E-state index in [0.29, 0.717) is 23.3 Å². The Morgan fingerprint density at radius 2 is 2.00 bits per heavy atom. The Balaban J connectivity index is 1.41. The van der Waals surface area contributed by atoms with Gasteiger partial charge in [-0.2, -0.15) is 0 Å². The molecule has 0 spiro atoms. The van der Waals surface area contributed by atoms with Gasteiger partial charge in [-0.05, 0) is 62.4 Å². The van der Waals surface area contributed by atoms with Gasteiger partial charge in [-0.1, -0.05) is 19.9 Å². The van der Waals surface area contributed by atoms with Gasteiger partial charge < -0.3 is 14.5 Å². The molecule has 0 unspecified atom stereocenters. The molecule has 1 saturated carbocycles. The van der Waals surface area contributed by atoms with Crippen LogP contribution in [0.25, 0.3) is 17.2 Å². The van der Waals surface area contributed by atoms with Gasteiger partial charge in [-0.25, -0.2) is 14.4 Å². The first-order chi connectivity index (χ1) is 17.0. The van der Waals surface area contributed by atoms with Crippen molar-refractivity contribution in [2.24, 2.45) is 0 Å². The minimum Gasteiger partial charge on any atom is -0.309 e. The monoisotopic (exact) mass is 473 g/mol. The van der Waals surface area contributed by atoms with Crippen molar-refractivity contribution in [2.45, 2.75) is 58.4 Å². The molecule has 1 aliphatic rings. The zero-order valence-corrected chi connectivity index (χ0v) is 20.1. The van der Waals surface area contributed by atoms with Crippen LogP contribution in [0.2, 0.25) is 0 Å². The highest BCUT2D eigenvalue weighted by atomic mass is 19.1. The zero-order valence-electron chi connectivity index (χ0n) is 20.1. The Morgan fingerprint density at radius 1 is 1.20 bits per heavy atom. The molecule has 0 radical (unpaired) electrons. The summed E-state index contributed by atoms with van der Waals surface area (Å²) >= 11 is 0. The fourth-order valence-electron chi connectivity index (χ4n) is 4.36. The van der Waals surface area contributed by atoms with Crippen molar-refractivity contribution < 1.29 is 9.18 Å². The van der Waals surface area contributed by atoms with Crippen molar-refractivity contribution in [1.29, 1.82) is 0 Å². The first-order valence-corrected chi connectivity index (χ1v) is 12.0. The lowest BCUT2D eigenvalue weighted by Crippen LogP contribution is -2.16. The fourth-order valence-corrected chi connectivity index (χ4v) is 4.36. The van der Waals surface area contributed by atoms with Crippen LogP contribution in [0.5, 0.6) is 0 Å². The number of carbonyl (C=O) groups excluding carboxylic acids is 1. The number of carbonyl (C=O) groups is 1. The van der Waals surface area contributed by atoms with Crippen LogP contribution in [-0.2, 0) is 0 Å². The van der Waals surface area contributed by atoms with E-state index in [1.807, 2.05) is 28.3 Å². The molecule has 8 nitrogen and oxygen atoms in total. The van der Waals surface area contributed by atoms with Gasteiger partial charge in [0.1, 0.15) is 23.7 Å². The predicted molar refractivity (Wildman–Crippen MR) is 131 cm³/mol. The second-order valence-corrected chi connectivity index (χ2v) is 8.99. The Labute approximate surface area is 203 Å². The van der Waals surface area contributed by atoms with Crippen molar-refractivity contribution in [3.05, 3.63) is 71.8 Å². The molecule has 1 amide bonds. The van der Waals surface area contributed by atoms with Gasteiger partial charge in [0.05, 0.1) is 23.3 Å².